The largest absolute Gasteiger partial charge is 0.488 e. The highest BCUT2D eigenvalue weighted by Crippen LogP contribution is 2.22. The van der Waals surface area contributed by atoms with Gasteiger partial charge in [-0.2, -0.15) is 0 Å². The summed E-state index contributed by atoms with van der Waals surface area (Å²) in [7, 11) is -1.62. The second-order valence-electron chi connectivity index (χ2n) is 3.71. The standard InChI is InChI=1S/C10H12BFO3/c1-6-7-2-3-15-5-8(7)10(12)4-9(6)11(13)14/h4,13-14H,2-3,5H2,1H3. The molecule has 15 heavy (non-hydrogen) atoms. The van der Waals surface area contributed by atoms with Crippen molar-refractivity contribution in [3.63, 3.8) is 0 Å². The quantitative estimate of drug-likeness (QED) is 0.635. The number of benzene rings is 1. The summed E-state index contributed by atoms with van der Waals surface area (Å²) in [6, 6.07) is 1.17. The molecular formula is C10H12BFO3. The normalized spacial score (nSPS) is 14.9. The zero-order valence-corrected chi connectivity index (χ0v) is 8.46. The smallest absolute Gasteiger partial charge is 0.423 e. The van der Waals surface area contributed by atoms with E-state index < -0.39 is 12.9 Å². The Labute approximate surface area is 87.6 Å². The Hall–Kier alpha value is -0.905. The summed E-state index contributed by atoms with van der Waals surface area (Å²) in [5.41, 5.74) is 2.39. The summed E-state index contributed by atoms with van der Waals surface area (Å²) in [5.74, 6) is -0.418. The summed E-state index contributed by atoms with van der Waals surface area (Å²) in [6.07, 6.45) is 0.624. The average Bonchev–Trinajstić information content (AvgIpc) is 2.23. The maximum Gasteiger partial charge on any atom is 0.488 e. The highest BCUT2D eigenvalue weighted by atomic mass is 19.1. The van der Waals surface area contributed by atoms with Crippen LogP contribution in [0.2, 0.25) is 0 Å². The second kappa shape index (κ2) is 3.92. The lowest BCUT2D eigenvalue weighted by Crippen LogP contribution is -2.35. The van der Waals surface area contributed by atoms with Gasteiger partial charge in [-0.25, -0.2) is 4.39 Å². The fraction of sp³-hybridized carbons (Fsp3) is 0.400. The molecule has 1 aromatic rings. The Balaban J connectivity index is 2.59. The minimum absolute atomic E-state index is 0.244. The summed E-state index contributed by atoms with van der Waals surface area (Å²) < 4.78 is 18.7. The van der Waals surface area contributed by atoms with Crippen molar-refractivity contribution in [3.8, 4) is 0 Å². The maximum atomic E-state index is 13.6. The summed E-state index contributed by atoms with van der Waals surface area (Å²) in [6.45, 7) is 2.60. The third-order valence-corrected chi connectivity index (χ3v) is 2.84. The van der Waals surface area contributed by atoms with E-state index in [1.54, 1.807) is 6.92 Å². The van der Waals surface area contributed by atoms with Crippen LogP contribution in [0.15, 0.2) is 6.07 Å². The van der Waals surface area contributed by atoms with E-state index in [2.05, 4.69) is 0 Å². The van der Waals surface area contributed by atoms with Crippen molar-refractivity contribution < 1.29 is 19.2 Å². The van der Waals surface area contributed by atoms with Crippen molar-refractivity contribution in [2.24, 2.45) is 0 Å². The van der Waals surface area contributed by atoms with Crippen molar-refractivity contribution in [2.45, 2.75) is 20.0 Å². The maximum absolute atomic E-state index is 13.6. The number of hydrogen-bond donors (Lipinski definition) is 2. The van der Waals surface area contributed by atoms with Crippen LogP contribution < -0.4 is 5.46 Å². The van der Waals surface area contributed by atoms with Crippen LogP contribution in [0.4, 0.5) is 4.39 Å². The molecule has 1 aliphatic heterocycles. The molecule has 0 aromatic heterocycles. The zero-order valence-electron chi connectivity index (χ0n) is 8.46. The second-order valence-corrected chi connectivity index (χ2v) is 3.71. The van der Waals surface area contributed by atoms with Gasteiger partial charge in [0, 0.05) is 5.56 Å². The minimum atomic E-state index is -1.62. The summed E-state index contributed by atoms with van der Waals surface area (Å²) in [4.78, 5) is 0. The molecule has 3 nitrogen and oxygen atoms in total. The van der Waals surface area contributed by atoms with Gasteiger partial charge >= 0.3 is 7.12 Å². The van der Waals surface area contributed by atoms with E-state index in [0.717, 1.165) is 11.1 Å². The molecule has 5 heteroatoms. The number of fused-ring (bicyclic) bond motifs is 1. The fourth-order valence-corrected chi connectivity index (χ4v) is 1.99. The van der Waals surface area contributed by atoms with Crippen LogP contribution in [0, 0.1) is 12.7 Å². The number of halogens is 1. The van der Waals surface area contributed by atoms with E-state index in [0.29, 0.717) is 18.6 Å². The molecule has 2 rings (SSSR count). The van der Waals surface area contributed by atoms with Gasteiger partial charge in [-0.1, -0.05) is 0 Å². The predicted molar refractivity (Wildman–Crippen MR) is 54.3 cm³/mol. The Morgan fingerprint density at radius 3 is 2.80 bits per heavy atom. The SMILES string of the molecule is Cc1c(B(O)O)cc(F)c2c1CCOC2. The Kier molecular flexibility index (Phi) is 2.77. The molecule has 0 radical (unpaired) electrons. The van der Waals surface area contributed by atoms with Gasteiger partial charge in [-0.15, -0.1) is 0 Å². The van der Waals surface area contributed by atoms with Crippen molar-refractivity contribution in [2.75, 3.05) is 6.61 Å². The fourth-order valence-electron chi connectivity index (χ4n) is 1.99. The van der Waals surface area contributed by atoms with Gasteiger partial charge in [-0.05, 0) is 36.0 Å². The number of rotatable bonds is 1. The van der Waals surface area contributed by atoms with Crippen LogP contribution >= 0.6 is 0 Å². The monoisotopic (exact) mass is 210 g/mol. The lowest BCUT2D eigenvalue weighted by Gasteiger charge is -2.21. The third-order valence-electron chi connectivity index (χ3n) is 2.84. The molecule has 0 saturated heterocycles. The summed E-state index contributed by atoms with van der Waals surface area (Å²) in [5, 5.41) is 18.2. The summed E-state index contributed by atoms with van der Waals surface area (Å²) >= 11 is 0. The highest BCUT2D eigenvalue weighted by Gasteiger charge is 2.23. The molecule has 80 valence electrons. The van der Waals surface area contributed by atoms with Crippen LogP contribution in [0.25, 0.3) is 0 Å². The van der Waals surface area contributed by atoms with Crippen molar-refractivity contribution >= 4 is 12.6 Å². The van der Waals surface area contributed by atoms with Gasteiger partial charge in [-0.3, -0.25) is 0 Å². The molecule has 0 fully saturated rings. The molecule has 1 aliphatic rings. The van der Waals surface area contributed by atoms with Gasteiger partial charge in [0.05, 0.1) is 13.2 Å². The molecule has 0 bridgehead atoms. The van der Waals surface area contributed by atoms with Gasteiger partial charge in [0.15, 0.2) is 0 Å². The molecular weight excluding hydrogens is 198 g/mol. The van der Waals surface area contributed by atoms with Crippen molar-refractivity contribution in [1.29, 1.82) is 0 Å². The van der Waals surface area contributed by atoms with E-state index in [9.17, 15) is 4.39 Å². The minimum Gasteiger partial charge on any atom is -0.423 e. The Morgan fingerprint density at radius 1 is 1.40 bits per heavy atom. The van der Waals surface area contributed by atoms with Crippen molar-refractivity contribution in [1.82, 2.24) is 0 Å². The van der Waals surface area contributed by atoms with Crippen LogP contribution in [-0.4, -0.2) is 23.8 Å². The topological polar surface area (TPSA) is 49.7 Å². The van der Waals surface area contributed by atoms with E-state index in [4.69, 9.17) is 14.8 Å². The third kappa shape index (κ3) is 1.78. The molecule has 0 unspecified atom stereocenters. The highest BCUT2D eigenvalue weighted by molar-refractivity contribution is 6.59. The predicted octanol–water partition coefficient (Wildman–Crippen LogP) is -0.113. The Morgan fingerprint density at radius 2 is 2.13 bits per heavy atom. The van der Waals surface area contributed by atoms with Crippen LogP contribution in [0.5, 0.6) is 0 Å². The van der Waals surface area contributed by atoms with Crippen molar-refractivity contribution in [3.05, 3.63) is 28.6 Å². The molecule has 0 aliphatic carbocycles. The Bertz CT molecular complexity index is 393. The van der Waals surface area contributed by atoms with Gasteiger partial charge in [0.25, 0.3) is 0 Å². The molecule has 0 amide bonds. The molecule has 0 saturated carbocycles. The van der Waals surface area contributed by atoms with Gasteiger partial charge in [0.1, 0.15) is 5.82 Å². The van der Waals surface area contributed by atoms with E-state index in [1.165, 1.54) is 6.07 Å². The lowest BCUT2D eigenvalue weighted by atomic mass is 9.74. The van der Waals surface area contributed by atoms with Crippen LogP contribution in [0.3, 0.4) is 0 Å². The first-order valence-electron chi connectivity index (χ1n) is 4.86. The molecule has 2 N–H and O–H groups in total. The molecule has 1 aromatic carbocycles. The van der Waals surface area contributed by atoms with Gasteiger partial charge < -0.3 is 14.8 Å². The number of ether oxygens (including phenoxy) is 1. The van der Waals surface area contributed by atoms with Crippen LogP contribution in [-0.2, 0) is 17.8 Å². The van der Waals surface area contributed by atoms with Gasteiger partial charge in [0.2, 0.25) is 0 Å². The zero-order chi connectivity index (χ0) is 11.0. The molecule has 0 spiro atoms. The van der Waals surface area contributed by atoms with E-state index in [-0.39, 0.29) is 12.1 Å². The first-order chi connectivity index (χ1) is 7.11. The first-order valence-corrected chi connectivity index (χ1v) is 4.86. The van der Waals surface area contributed by atoms with E-state index >= 15 is 0 Å². The average molecular weight is 210 g/mol. The lowest BCUT2D eigenvalue weighted by molar-refractivity contribution is 0.107. The number of hydrogen-bond acceptors (Lipinski definition) is 3. The van der Waals surface area contributed by atoms with Crippen LogP contribution in [0.1, 0.15) is 16.7 Å². The molecule has 1 heterocycles. The first kappa shape index (κ1) is 10.6. The molecule has 0 atom stereocenters. The van der Waals surface area contributed by atoms with E-state index in [1.807, 2.05) is 0 Å².